The zero-order valence-electron chi connectivity index (χ0n) is 30.3. The van der Waals surface area contributed by atoms with Crippen LogP contribution in [0.5, 0.6) is 0 Å². The minimum atomic E-state index is -4.30. The number of carbonyl (C=O) groups excluding carboxylic acids is 1. The highest BCUT2D eigenvalue weighted by molar-refractivity contribution is 7.54. The minimum Gasteiger partial charge on any atom is -0.378 e. The van der Waals surface area contributed by atoms with Gasteiger partial charge in [-0.2, -0.15) is 9.68 Å². The average molecular weight is 774 g/mol. The summed E-state index contributed by atoms with van der Waals surface area (Å²) in [6.45, 7) is -0.00408. The van der Waals surface area contributed by atoms with Crippen molar-refractivity contribution in [2.75, 3.05) is 13.1 Å². The van der Waals surface area contributed by atoms with E-state index >= 15 is 0 Å². The second kappa shape index (κ2) is 17.8. The maximum absolute atomic E-state index is 14.6. The van der Waals surface area contributed by atoms with Crippen LogP contribution in [0.1, 0.15) is 27.0 Å². The van der Waals surface area contributed by atoms with E-state index in [0.717, 1.165) is 16.7 Å². The van der Waals surface area contributed by atoms with Gasteiger partial charge in [-0.05, 0) is 41.0 Å². The number of aliphatic hydroxyl groups excluding tert-OH is 1. The molecular formula is C42H40N5O8P. The van der Waals surface area contributed by atoms with Gasteiger partial charge in [0.15, 0.2) is 5.85 Å². The highest BCUT2D eigenvalue weighted by Crippen LogP contribution is 2.55. The number of fused-ring (bicyclic) bond motifs is 1. The lowest BCUT2D eigenvalue weighted by molar-refractivity contribution is -0.0432. The third kappa shape index (κ3) is 9.00. The van der Waals surface area contributed by atoms with E-state index in [1.54, 1.807) is 59.6 Å². The molecule has 1 aliphatic rings. The number of nitrogens with zero attached hydrogens (tertiary/aromatic N) is 5. The van der Waals surface area contributed by atoms with Gasteiger partial charge >= 0.3 is 13.3 Å². The number of benzene rings is 5. The molecule has 1 aliphatic heterocycles. The predicted molar refractivity (Wildman–Crippen MR) is 210 cm³/mol. The number of carbonyl (C=O) groups is 1. The Kier molecular flexibility index (Phi) is 12.2. The molecule has 3 atom stereocenters. The number of rotatable bonds is 16. The molecule has 0 amide bonds. The maximum Gasteiger partial charge on any atom is 0.362 e. The lowest BCUT2D eigenvalue weighted by Gasteiger charge is -2.31. The highest BCUT2D eigenvalue weighted by Gasteiger charge is 2.43. The third-order valence-electron chi connectivity index (χ3n) is 9.29. The molecule has 0 radical (unpaired) electrons. The van der Waals surface area contributed by atoms with Gasteiger partial charge in [0, 0.05) is 5.56 Å². The summed E-state index contributed by atoms with van der Waals surface area (Å²) >= 11 is 0. The molecule has 6 aromatic rings. The van der Waals surface area contributed by atoms with E-state index in [1.807, 2.05) is 91.0 Å². The van der Waals surface area contributed by atoms with E-state index in [2.05, 4.69) is 10.3 Å². The standard InChI is InChI=1S/C42H40N5O8P/c48-39(34-21-11-4-12-22-34)47-40(49)36-23-13-14-24-37(36)46(42(47)51)26-35-25-45(44-43-35)27-38(53-28-31-15-5-1-6-16-31)41(50)56(52,54-29-32-17-7-2-8-18-32)55-30-33-19-9-3-10-20-33/h1-24,35,38,41,50H,25-30H2/t35?,38-,41+/m0/s1. The Morgan fingerprint density at radius 3 is 1.84 bits per heavy atom. The molecule has 0 fully saturated rings. The minimum absolute atomic E-state index is 0.0152. The van der Waals surface area contributed by atoms with Gasteiger partial charge in [0.05, 0.1) is 50.4 Å². The molecule has 1 aromatic heterocycles. The zero-order chi connectivity index (χ0) is 38.9. The van der Waals surface area contributed by atoms with Crippen molar-refractivity contribution in [3.05, 3.63) is 189 Å². The Bertz CT molecular complexity index is 2400. The van der Waals surface area contributed by atoms with Gasteiger partial charge in [-0.3, -0.25) is 23.7 Å². The van der Waals surface area contributed by atoms with Crippen LogP contribution in [0.4, 0.5) is 0 Å². The molecule has 13 nitrogen and oxygen atoms in total. The Morgan fingerprint density at radius 2 is 1.25 bits per heavy atom. The van der Waals surface area contributed by atoms with E-state index in [-0.39, 0.29) is 50.4 Å². The lowest BCUT2D eigenvalue weighted by atomic mass is 10.2. The monoisotopic (exact) mass is 773 g/mol. The van der Waals surface area contributed by atoms with E-state index in [1.165, 1.54) is 4.57 Å². The van der Waals surface area contributed by atoms with E-state index in [0.29, 0.717) is 10.1 Å². The van der Waals surface area contributed by atoms with Crippen LogP contribution >= 0.6 is 7.60 Å². The molecular weight excluding hydrogens is 733 g/mol. The summed E-state index contributed by atoms with van der Waals surface area (Å²) in [5.74, 6) is -2.48. The Balaban J connectivity index is 1.14. The third-order valence-corrected chi connectivity index (χ3v) is 11.3. The molecule has 56 heavy (non-hydrogen) atoms. The Hall–Kier alpha value is -5.82. The van der Waals surface area contributed by atoms with Crippen LogP contribution in [-0.2, 0) is 44.7 Å². The summed E-state index contributed by atoms with van der Waals surface area (Å²) in [4.78, 5) is 40.9. The summed E-state index contributed by atoms with van der Waals surface area (Å²) in [6.07, 6.45) is -1.14. The number of hydrogen-bond donors (Lipinski definition) is 1. The Labute approximate surface area is 322 Å². The summed E-state index contributed by atoms with van der Waals surface area (Å²) in [5, 5.41) is 22.4. The van der Waals surface area contributed by atoms with Crippen molar-refractivity contribution >= 4 is 24.4 Å². The van der Waals surface area contributed by atoms with Crippen molar-refractivity contribution in [2.45, 2.75) is 44.4 Å². The SMILES string of the molecule is O=C(c1ccccc1)n1c(=O)c2ccccc2n(CC2CN(C[C@H](OCc3ccccc3)[C@H](O)P(=O)(OCc3ccccc3)OCc3ccccc3)N=N2)c1=O. The predicted octanol–water partition coefficient (Wildman–Crippen LogP) is 6.43. The largest absolute Gasteiger partial charge is 0.378 e. The molecule has 14 heteroatoms. The smallest absolute Gasteiger partial charge is 0.362 e. The van der Waals surface area contributed by atoms with Crippen LogP contribution in [0, 0.1) is 0 Å². The van der Waals surface area contributed by atoms with Crippen molar-refractivity contribution in [2.24, 2.45) is 10.3 Å². The summed E-state index contributed by atoms with van der Waals surface area (Å²) < 4.78 is 34.8. The Morgan fingerprint density at radius 1 is 0.732 bits per heavy atom. The molecule has 2 heterocycles. The van der Waals surface area contributed by atoms with E-state index < -0.39 is 42.7 Å². The molecule has 1 unspecified atom stereocenters. The van der Waals surface area contributed by atoms with Crippen molar-refractivity contribution < 1.29 is 28.3 Å². The first-order chi connectivity index (χ1) is 27.3. The van der Waals surface area contributed by atoms with Gasteiger partial charge in [-0.1, -0.05) is 127 Å². The fourth-order valence-electron chi connectivity index (χ4n) is 6.35. The van der Waals surface area contributed by atoms with Crippen LogP contribution in [0.15, 0.2) is 166 Å². The number of hydrogen-bond acceptors (Lipinski definition) is 11. The average Bonchev–Trinajstić information content (AvgIpc) is 3.70. The fraction of sp³-hybridized carbons (Fsp3) is 0.214. The maximum atomic E-state index is 14.6. The quantitative estimate of drug-likeness (QED) is 0.110. The topological polar surface area (TPSA) is 154 Å². The second-order valence-corrected chi connectivity index (χ2v) is 15.4. The number of aromatic nitrogens is 2. The second-order valence-electron chi connectivity index (χ2n) is 13.3. The first-order valence-corrected chi connectivity index (χ1v) is 19.7. The zero-order valence-corrected chi connectivity index (χ0v) is 31.2. The van der Waals surface area contributed by atoms with Gasteiger partial charge in [-0.25, -0.2) is 4.79 Å². The molecule has 286 valence electrons. The van der Waals surface area contributed by atoms with E-state index in [9.17, 15) is 24.1 Å². The van der Waals surface area contributed by atoms with E-state index in [4.69, 9.17) is 13.8 Å². The van der Waals surface area contributed by atoms with Crippen molar-refractivity contribution in [3.8, 4) is 0 Å². The normalized spacial score (nSPS) is 15.2. The number of ether oxygens (including phenoxy) is 1. The van der Waals surface area contributed by atoms with Crippen LogP contribution < -0.4 is 11.2 Å². The first-order valence-electron chi connectivity index (χ1n) is 18.1. The van der Waals surface area contributed by atoms with Crippen LogP contribution in [0.2, 0.25) is 0 Å². The van der Waals surface area contributed by atoms with Crippen molar-refractivity contribution in [1.82, 2.24) is 14.1 Å². The van der Waals surface area contributed by atoms with Gasteiger partial charge in [0.1, 0.15) is 12.1 Å². The molecule has 0 spiro atoms. The van der Waals surface area contributed by atoms with Crippen LogP contribution in [0.3, 0.4) is 0 Å². The summed E-state index contributed by atoms with van der Waals surface area (Å²) in [7, 11) is -4.30. The molecule has 1 N–H and O–H groups in total. The van der Waals surface area contributed by atoms with Gasteiger partial charge < -0.3 is 18.9 Å². The van der Waals surface area contributed by atoms with Crippen molar-refractivity contribution in [1.29, 1.82) is 0 Å². The number of aliphatic hydroxyl groups is 1. The van der Waals surface area contributed by atoms with Gasteiger partial charge in [0.2, 0.25) is 0 Å². The molecule has 7 rings (SSSR count). The van der Waals surface area contributed by atoms with Crippen molar-refractivity contribution in [3.63, 3.8) is 0 Å². The number of para-hydroxylation sites is 1. The van der Waals surface area contributed by atoms with Crippen LogP contribution in [0.25, 0.3) is 10.9 Å². The van der Waals surface area contributed by atoms with Crippen LogP contribution in [-0.4, -0.2) is 56.2 Å². The molecule has 0 aliphatic carbocycles. The van der Waals surface area contributed by atoms with Gasteiger partial charge in [0.25, 0.3) is 11.5 Å². The molecule has 0 saturated carbocycles. The lowest BCUT2D eigenvalue weighted by Crippen LogP contribution is -2.45. The molecule has 5 aromatic carbocycles. The molecule has 0 saturated heterocycles. The van der Waals surface area contributed by atoms with Gasteiger partial charge in [-0.15, -0.1) is 0 Å². The first kappa shape index (κ1) is 38.5. The summed E-state index contributed by atoms with van der Waals surface area (Å²) in [6, 6.07) is 41.8. The summed E-state index contributed by atoms with van der Waals surface area (Å²) in [5.41, 5.74) is 1.32. The molecule has 0 bridgehead atoms. The highest BCUT2D eigenvalue weighted by atomic mass is 31.2. The fourth-order valence-corrected chi connectivity index (χ4v) is 7.98.